The summed E-state index contributed by atoms with van der Waals surface area (Å²) in [5, 5.41) is 11.6. The summed E-state index contributed by atoms with van der Waals surface area (Å²) in [6, 6.07) is 10.6. The van der Waals surface area contributed by atoms with Gasteiger partial charge in [-0.2, -0.15) is 0 Å². The van der Waals surface area contributed by atoms with Crippen molar-refractivity contribution >= 4 is 5.95 Å². The molecule has 19 heavy (non-hydrogen) atoms. The van der Waals surface area contributed by atoms with Gasteiger partial charge in [-0.15, -0.1) is 0 Å². The molecule has 6 heteroatoms. The first-order valence-electron chi connectivity index (χ1n) is 6.56. The lowest BCUT2D eigenvalue weighted by atomic mass is 10.2. The fourth-order valence-electron chi connectivity index (χ4n) is 2.44. The number of hydrogen-bond donors (Lipinski definition) is 0. The first-order chi connectivity index (χ1) is 9.33. The highest BCUT2D eigenvalue weighted by atomic mass is 15.6. The summed E-state index contributed by atoms with van der Waals surface area (Å²) in [7, 11) is 1.88. The van der Waals surface area contributed by atoms with Crippen molar-refractivity contribution in [3.8, 4) is 0 Å². The Kier molecular flexibility index (Phi) is 3.41. The second-order valence-corrected chi connectivity index (χ2v) is 4.85. The zero-order chi connectivity index (χ0) is 13.1. The van der Waals surface area contributed by atoms with Crippen LogP contribution in [0, 0.1) is 0 Å². The molecule has 1 aromatic carbocycles. The number of hydrogen-bond acceptors (Lipinski definition) is 5. The summed E-state index contributed by atoms with van der Waals surface area (Å²) in [4.78, 5) is 4.71. The number of anilines is 1. The van der Waals surface area contributed by atoms with Crippen LogP contribution in [0.3, 0.4) is 0 Å². The SMILES string of the molecule is Cn1nnnc1N1CCN(Cc2ccccc2)CC1. The van der Waals surface area contributed by atoms with E-state index >= 15 is 0 Å². The van der Waals surface area contributed by atoms with Gasteiger partial charge in [-0.1, -0.05) is 35.4 Å². The molecule has 0 aliphatic carbocycles. The average Bonchev–Trinajstić information content (AvgIpc) is 2.87. The Balaban J connectivity index is 1.57. The molecule has 100 valence electrons. The number of nitrogens with zero attached hydrogens (tertiary/aromatic N) is 6. The van der Waals surface area contributed by atoms with Crippen molar-refractivity contribution < 1.29 is 0 Å². The molecule has 0 saturated carbocycles. The fourth-order valence-corrected chi connectivity index (χ4v) is 2.44. The number of benzene rings is 1. The van der Waals surface area contributed by atoms with Crippen molar-refractivity contribution in [1.82, 2.24) is 25.1 Å². The predicted octanol–water partition coefficient (Wildman–Crippen LogP) is 0.532. The van der Waals surface area contributed by atoms with Crippen LogP contribution in [0.15, 0.2) is 30.3 Å². The summed E-state index contributed by atoms with van der Waals surface area (Å²) in [6.45, 7) is 5.05. The number of aromatic nitrogens is 4. The normalized spacial score (nSPS) is 16.8. The standard InChI is InChI=1S/C13H18N6/c1-17-13(14-15-16-17)19-9-7-18(8-10-19)11-12-5-3-2-4-6-12/h2-6H,7-11H2,1H3. The second kappa shape index (κ2) is 5.36. The number of piperazine rings is 1. The molecule has 1 fully saturated rings. The van der Waals surface area contributed by atoms with Gasteiger partial charge >= 0.3 is 0 Å². The van der Waals surface area contributed by atoms with Gasteiger partial charge in [0, 0.05) is 39.8 Å². The lowest BCUT2D eigenvalue weighted by Gasteiger charge is -2.34. The zero-order valence-electron chi connectivity index (χ0n) is 11.1. The van der Waals surface area contributed by atoms with Crippen molar-refractivity contribution in [1.29, 1.82) is 0 Å². The van der Waals surface area contributed by atoms with Gasteiger partial charge in [-0.3, -0.25) is 4.90 Å². The summed E-state index contributed by atoms with van der Waals surface area (Å²) in [6.07, 6.45) is 0. The third-order valence-corrected chi connectivity index (χ3v) is 3.50. The van der Waals surface area contributed by atoms with E-state index in [9.17, 15) is 0 Å². The van der Waals surface area contributed by atoms with Crippen molar-refractivity contribution in [3.63, 3.8) is 0 Å². The molecule has 1 saturated heterocycles. The van der Waals surface area contributed by atoms with E-state index in [2.05, 4.69) is 55.7 Å². The molecular formula is C13H18N6. The fraction of sp³-hybridized carbons (Fsp3) is 0.462. The molecule has 0 spiro atoms. The Hall–Kier alpha value is -1.95. The Morgan fingerprint density at radius 1 is 1.05 bits per heavy atom. The Morgan fingerprint density at radius 2 is 1.79 bits per heavy atom. The number of aryl methyl sites for hydroxylation is 1. The molecule has 0 bridgehead atoms. The first kappa shape index (κ1) is 12.1. The highest BCUT2D eigenvalue weighted by molar-refractivity contribution is 5.28. The van der Waals surface area contributed by atoms with Crippen molar-refractivity contribution in [3.05, 3.63) is 35.9 Å². The van der Waals surface area contributed by atoms with Gasteiger partial charge < -0.3 is 4.90 Å². The molecule has 3 rings (SSSR count). The predicted molar refractivity (Wildman–Crippen MR) is 72.7 cm³/mol. The van der Waals surface area contributed by atoms with Gasteiger partial charge in [0.05, 0.1) is 0 Å². The van der Waals surface area contributed by atoms with Crippen molar-refractivity contribution in [2.24, 2.45) is 7.05 Å². The van der Waals surface area contributed by atoms with Crippen LogP contribution in [-0.4, -0.2) is 51.3 Å². The highest BCUT2D eigenvalue weighted by Gasteiger charge is 2.20. The maximum Gasteiger partial charge on any atom is 0.245 e. The first-order valence-corrected chi connectivity index (χ1v) is 6.56. The summed E-state index contributed by atoms with van der Waals surface area (Å²) in [5.74, 6) is 0.861. The smallest absolute Gasteiger partial charge is 0.245 e. The van der Waals surface area contributed by atoms with E-state index in [-0.39, 0.29) is 0 Å². The van der Waals surface area contributed by atoms with Crippen LogP contribution in [0.5, 0.6) is 0 Å². The van der Waals surface area contributed by atoms with Crippen LogP contribution in [0.1, 0.15) is 5.56 Å². The minimum absolute atomic E-state index is 0.861. The topological polar surface area (TPSA) is 50.1 Å². The molecule has 2 aromatic rings. The van der Waals surface area contributed by atoms with E-state index < -0.39 is 0 Å². The van der Waals surface area contributed by atoms with Crippen LogP contribution in [0.2, 0.25) is 0 Å². The largest absolute Gasteiger partial charge is 0.337 e. The average molecular weight is 258 g/mol. The van der Waals surface area contributed by atoms with E-state index in [0.717, 1.165) is 38.7 Å². The van der Waals surface area contributed by atoms with Gasteiger partial charge in [0.1, 0.15) is 0 Å². The molecular weight excluding hydrogens is 240 g/mol. The molecule has 1 aliphatic heterocycles. The van der Waals surface area contributed by atoms with Crippen LogP contribution in [-0.2, 0) is 13.6 Å². The molecule has 2 heterocycles. The third kappa shape index (κ3) is 2.73. The van der Waals surface area contributed by atoms with Gasteiger partial charge in [-0.25, -0.2) is 4.68 Å². The molecule has 1 aromatic heterocycles. The maximum atomic E-state index is 4.06. The molecule has 0 atom stereocenters. The van der Waals surface area contributed by atoms with Gasteiger partial charge in [-0.05, 0) is 16.0 Å². The summed E-state index contributed by atoms with van der Waals surface area (Å²) >= 11 is 0. The number of rotatable bonds is 3. The quantitative estimate of drug-likeness (QED) is 0.804. The van der Waals surface area contributed by atoms with E-state index in [1.54, 1.807) is 4.68 Å². The highest BCUT2D eigenvalue weighted by Crippen LogP contribution is 2.12. The van der Waals surface area contributed by atoms with Crippen molar-refractivity contribution in [2.45, 2.75) is 6.54 Å². The van der Waals surface area contributed by atoms with Crippen LogP contribution < -0.4 is 4.90 Å². The molecule has 6 nitrogen and oxygen atoms in total. The van der Waals surface area contributed by atoms with Crippen LogP contribution in [0.25, 0.3) is 0 Å². The van der Waals surface area contributed by atoms with Gasteiger partial charge in [0.2, 0.25) is 5.95 Å². The third-order valence-electron chi connectivity index (χ3n) is 3.50. The minimum Gasteiger partial charge on any atom is -0.337 e. The van der Waals surface area contributed by atoms with Gasteiger partial charge in [0.15, 0.2) is 0 Å². The van der Waals surface area contributed by atoms with Gasteiger partial charge in [0.25, 0.3) is 0 Å². The summed E-state index contributed by atoms with van der Waals surface area (Å²) < 4.78 is 1.73. The lowest BCUT2D eigenvalue weighted by Crippen LogP contribution is -2.46. The minimum atomic E-state index is 0.861. The molecule has 0 amide bonds. The Labute approximate surface area is 112 Å². The monoisotopic (exact) mass is 258 g/mol. The molecule has 1 aliphatic rings. The number of tetrazole rings is 1. The lowest BCUT2D eigenvalue weighted by molar-refractivity contribution is 0.248. The van der Waals surface area contributed by atoms with Crippen molar-refractivity contribution in [2.75, 3.05) is 31.1 Å². The molecule has 0 radical (unpaired) electrons. The van der Waals surface area contributed by atoms with Crippen LogP contribution >= 0.6 is 0 Å². The second-order valence-electron chi connectivity index (χ2n) is 4.85. The zero-order valence-corrected chi connectivity index (χ0v) is 11.1. The Bertz CT molecular complexity index is 515. The molecule has 0 unspecified atom stereocenters. The summed E-state index contributed by atoms with van der Waals surface area (Å²) in [5.41, 5.74) is 1.37. The molecule has 0 N–H and O–H groups in total. The maximum absolute atomic E-state index is 4.06. The van der Waals surface area contributed by atoms with E-state index in [0.29, 0.717) is 0 Å². The Morgan fingerprint density at radius 3 is 2.42 bits per heavy atom. The van der Waals surface area contributed by atoms with E-state index in [1.165, 1.54) is 5.56 Å². The van der Waals surface area contributed by atoms with E-state index in [1.807, 2.05) is 7.05 Å². The van der Waals surface area contributed by atoms with Crippen LogP contribution in [0.4, 0.5) is 5.95 Å². The van der Waals surface area contributed by atoms with E-state index in [4.69, 9.17) is 0 Å².